The van der Waals surface area contributed by atoms with E-state index >= 15 is 0 Å². The molecule has 1 aliphatic heterocycles. The first-order valence-electron chi connectivity index (χ1n) is 10.5. The van der Waals surface area contributed by atoms with Crippen molar-refractivity contribution in [1.82, 2.24) is 0 Å². The van der Waals surface area contributed by atoms with Crippen LogP contribution >= 0.6 is 0 Å². The molecule has 2 heteroatoms. The first kappa shape index (κ1) is 18.6. The van der Waals surface area contributed by atoms with Crippen LogP contribution in [0, 0.1) is 11.8 Å². The number of ether oxygens (including phenoxy) is 1. The van der Waals surface area contributed by atoms with Crippen molar-refractivity contribution >= 4 is 0 Å². The lowest BCUT2D eigenvalue weighted by atomic mass is 9.64. The monoisotopic (exact) mass is 344 g/mol. The van der Waals surface area contributed by atoms with Gasteiger partial charge in [0.15, 0.2) is 0 Å². The zero-order chi connectivity index (χ0) is 18.0. The summed E-state index contributed by atoms with van der Waals surface area (Å²) in [4.78, 5) is 0. The quantitative estimate of drug-likeness (QED) is 0.565. The van der Waals surface area contributed by atoms with Crippen LogP contribution in [0.5, 0.6) is 11.5 Å². The predicted molar refractivity (Wildman–Crippen MR) is 105 cm³/mol. The fourth-order valence-electron chi connectivity index (χ4n) is 5.07. The van der Waals surface area contributed by atoms with Crippen LogP contribution in [-0.2, 0) is 6.42 Å². The second-order valence-corrected chi connectivity index (χ2v) is 9.00. The van der Waals surface area contributed by atoms with Gasteiger partial charge in [-0.1, -0.05) is 46.5 Å². The zero-order valence-corrected chi connectivity index (χ0v) is 16.6. The largest absolute Gasteiger partial charge is 0.508 e. The van der Waals surface area contributed by atoms with Gasteiger partial charge < -0.3 is 9.84 Å². The molecule has 0 amide bonds. The molecule has 1 aliphatic carbocycles. The van der Waals surface area contributed by atoms with E-state index in [-0.39, 0.29) is 5.60 Å². The van der Waals surface area contributed by atoms with E-state index in [1.807, 2.05) is 6.07 Å². The number of fused-ring (bicyclic) bond motifs is 4. The molecule has 1 aromatic rings. The zero-order valence-electron chi connectivity index (χ0n) is 16.6. The van der Waals surface area contributed by atoms with Crippen molar-refractivity contribution in [2.75, 3.05) is 0 Å². The average Bonchev–Trinajstić information content (AvgIpc) is 2.53. The number of phenols is 1. The summed E-state index contributed by atoms with van der Waals surface area (Å²) in [6.07, 6.45) is 10.8. The van der Waals surface area contributed by atoms with Gasteiger partial charge in [-0.15, -0.1) is 0 Å². The maximum Gasteiger partial charge on any atom is 0.127 e. The Kier molecular flexibility index (Phi) is 5.65. The fourth-order valence-corrected chi connectivity index (χ4v) is 5.07. The molecule has 1 aromatic carbocycles. The van der Waals surface area contributed by atoms with Crippen LogP contribution in [0.15, 0.2) is 12.1 Å². The lowest BCUT2D eigenvalue weighted by Gasteiger charge is -2.49. The molecule has 1 saturated carbocycles. The Balaban J connectivity index is 1.80. The highest BCUT2D eigenvalue weighted by atomic mass is 16.5. The van der Waals surface area contributed by atoms with E-state index in [9.17, 15) is 5.11 Å². The van der Waals surface area contributed by atoms with Gasteiger partial charge in [-0.25, -0.2) is 0 Å². The van der Waals surface area contributed by atoms with Crippen LogP contribution in [0.3, 0.4) is 0 Å². The van der Waals surface area contributed by atoms with Gasteiger partial charge in [0.2, 0.25) is 0 Å². The smallest absolute Gasteiger partial charge is 0.127 e. The Labute approximate surface area is 154 Å². The summed E-state index contributed by atoms with van der Waals surface area (Å²) in [5.74, 6) is 3.19. The molecular formula is C23H36O2. The molecule has 3 rings (SSSR count). The second-order valence-electron chi connectivity index (χ2n) is 9.00. The van der Waals surface area contributed by atoms with Gasteiger partial charge in [0.1, 0.15) is 17.1 Å². The Morgan fingerprint density at radius 2 is 1.96 bits per heavy atom. The first-order chi connectivity index (χ1) is 11.9. The maximum absolute atomic E-state index is 10.8. The normalized spacial score (nSPS) is 27.9. The van der Waals surface area contributed by atoms with Crippen molar-refractivity contribution in [3.05, 3.63) is 23.3 Å². The van der Waals surface area contributed by atoms with E-state index in [0.29, 0.717) is 23.5 Å². The maximum atomic E-state index is 10.8. The van der Waals surface area contributed by atoms with Crippen LogP contribution in [0.25, 0.3) is 0 Å². The van der Waals surface area contributed by atoms with E-state index in [4.69, 9.17) is 4.74 Å². The number of benzene rings is 1. The predicted octanol–water partition coefficient (Wildman–Crippen LogP) is 6.60. The summed E-state index contributed by atoms with van der Waals surface area (Å²) in [6, 6.07) is 4.23. The molecule has 3 atom stereocenters. The van der Waals surface area contributed by atoms with Crippen LogP contribution < -0.4 is 4.74 Å². The summed E-state index contributed by atoms with van der Waals surface area (Å²) < 4.78 is 6.42. The molecule has 0 saturated heterocycles. The highest BCUT2D eigenvalue weighted by Gasteiger charge is 2.46. The third-order valence-electron chi connectivity index (χ3n) is 6.51. The van der Waals surface area contributed by atoms with Crippen LogP contribution in [-0.4, -0.2) is 10.7 Å². The Morgan fingerprint density at radius 3 is 2.68 bits per heavy atom. The minimum Gasteiger partial charge on any atom is -0.508 e. The molecule has 1 fully saturated rings. The summed E-state index contributed by atoms with van der Waals surface area (Å²) >= 11 is 0. The van der Waals surface area contributed by atoms with E-state index in [2.05, 4.69) is 33.8 Å². The summed E-state index contributed by atoms with van der Waals surface area (Å²) in [5, 5.41) is 10.8. The lowest BCUT2D eigenvalue weighted by Crippen LogP contribution is -2.45. The molecule has 2 bridgehead atoms. The van der Waals surface area contributed by atoms with Crippen molar-refractivity contribution in [3.63, 3.8) is 0 Å². The van der Waals surface area contributed by atoms with Crippen molar-refractivity contribution in [1.29, 1.82) is 0 Å². The van der Waals surface area contributed by atoms with Crippen molar-refractivity contribution < 1.29 is 9.84 Å². The third kappa shape index (κ3) is 3.99. The second kappa shape index (κ2) is 7.60. The molecule has 140 valence electrons. The SMILES string of the molecule is CCCCCCCc1cc(O)c2c(c1)O[C@]1(C)CC[C@@H](C(C)C)C2C1. The van der Waals surface area contributed by atoms with Crippen LogP contribution in [0.2, 0.25) is 0 Å². The van der Waals surface area contributed by atoms with Gasteiger partial charge in [-0.3, -0.25) is 0 Å². The highest BCUT2D eigenvalue weighted by Crippen LogP contribution is 2.55. The number of hydrogen-bond donors (Lipinski definition) is 1. The van der Waals surface area contributed by atoms with Crippen LogP contribution in [0.4, 0.5) is 0 Å². The molecule has 2 aliphatic rings. The summed E-state index contributed by atoms with van der Waals surface area (Å²) in [5.41, 5.74) is 2.28. The highest BCUT2D eigenvalue weighted by molar-refractivity contribution is 5.52. The number of aryl methyl sites for hydroxylation is 1. The molecule has 1 heterocycles. The number of hydrogen-bond acceptors (Lipinski definition) is 2. The Bertz CT molecular complexity index is 592. The topological polar surface area (TPSA) is 29.5 Å². The third-order valence-corrected chi connectivity index (χ3v) is 6.51. The standard InChI is InChI=1S/C23H36O2/c1-5-6-7-8-9-10-17-13-20(24)22-19-15-23(4,25-21(22)14-17)12-11-18(19)16(2)3/h13-14,16,18-19,24H,5-12,15H2,1-4H3/t18-,19?,23+/m0/s1. The molecule has 0 aromatic heterocycles. The van der Waals surface area contributed by atoms with Crippen molar-refractivity contribution in [2.45, 2.75) is 97.0 Å². The van der Waals surface area contributed by atoms with Gasteiger partial charge in [0.25, 0.3) is 0 Å². The number of phenolic OH excluding ortho intramolecular Hbond substituents is 1. The van der Waals surface area contributed by atoms with Crippen LogP contribution in [0.1, 0.15) is 96.1 Å². The van der Waals surface area contributed by atoms with Gasteiger partial charge in [-0.05, 0) is 74.5 Å². The molecule has 25 heavy (non-hydrogen) atoms. The van der Waals surface area contributed by atoms with E-state index in [0.717, 1.165) is 30.6 Å². The molecule has 0 radical (unpaired) electrons. The Hall–Kier alpha value is -1.18. The minimum atomic E-state index is -0.0464. The average molecular weight is 345 g/mol. The van der Waals surface area contributed by atoms with Gasteiger partial charge in [-0.2, -0.15) is 0 Å². The van der Waals surface area contributed by atoms with Gasteiger partial charge in [0, 0.05) is 5.56 Å². The number of unbranched alkanes of at least 4 members (excludes halogenated alkanes) is 4. The first-order valence-corrected chi connectivity index (χ1v) is 10.5. The molecule has 1 unspecified atom stereocenters. The van der Waals surface area contributed by atoms with Gasteiger partial charge >= 0.3 is 0 Å². The Morgan fingerprint density at radius 1 is 1.20 bits per heavy atom. The van der Waals surface area contributed by atoms with Crippen molar-refractivity contribution in [3.8, 4) is 11.5 Å². The number of rotatable bonds is 7. The molecule has 0 spiro atoms. The van der Waals surface area contributed by atoms with E-state index in [1.54, 1.807) is 0 Å². The van der Waals surface area contributed by atoms with Crippen molar-refractivity contribution in [2.24, 2.45) is 11.8 Å². The molecular weight excluding hydrogens is 308 g/mol. The molecule has 1 N–H and O–H groups in total. The summed E-state index contributed by atoms with van der Waals surface area (Å²) in [7, 11) is 0. The molecule has 2 nitrogen and oxygen atoms in total. The van der Waals surface area contributed by atoms with Gasteiger partial charge in [0.05, 0.1) is 0 Å². The van der Waals surface area contributed by atoms with E-state index < -0.39 is 0 Å². The summed E-state index contributed by atoms with van der Waals surface area (Å²) in [6.45, 7) is 9.16. The number of aromatic hydroxyl groups is 1. The lowest BCUT2D eigenvalue weighted by molar-refractivity contribution is -0.00866. The fraction of sp³-hybridized carbons (Fsp3) is 0.739. The minimum absolute atomic E-state index is 0.0464. The van der Waals surface area contributed by atoms with E-state index in [1.165, 1.54) is 44.1 Å².